The third-order valence-electron chi connectivity index (χ3n) is 5.02. The lowest BCUT2D eigenvalue weighted by molar-refractivity contribution is -0.132. The van der Waals surface area contributed by atoms with Gasteiger partial charge in [-0.15, -0.1) is 0 Å². The molecule has 0 atom stereocenters. The van der Waals surface area contributed by atoms with E-state index >= 15 is 0 Å². The number of aromatic hydroxyl groups is 1. The van der Waals surface area contributed by atoms with Gasteiger partial charge in [0.25, 0.3) is 0 Å². The van der Waals surface area contributed by atoms with Crippen LogP contribution in [0.25, 0.3) is 11.0 Å². The van der Waals surface area contributed by atoms with Crippen molar-refractivity contribution < 1.29 is 23.8 Å². The van der Waals surface area contributed by atoms with E-state index in [2.05, 4.69) is 0 Å². The summed E-state index contributed by atoms with van der Waals surface area (Å²) in [6.07, 6.45) is 0.112. The number of phenols is 1. The van der Waals surface area contributed by atoms with E-state index in [9.17, 15) is 19.5 Å². The predicted molar refractivity (Wildman–Crippen MR) is 102 cm³/mol. The van der Waals surface area contributed by atoms with Gasteiger partial charge in [0.1, 0.15) is 11.3 Å². The van der Waals surface area contributed by atoms with Crippen molar-refractivity contribution in [2.45, 2.75) is 26.7 Å². The average Bonchev–Trinajstić information content (AvgIpc) is 2.67. The van der Waals surface area contributed by atoms with Gasteiger partial charge in [0.05, 0.1) is 6.61 Å². The zero-order valence-corrected chi connectivity index (χ0v) is 16.1. The molecule has 0 bridgehead atoms. The number of fused-ring (bicyclic) bond motifs is 1. The van der Waals surface area contributed by atoms with Crippen LogP contribution in [0.4, 0.5) is 4.79 Å². The van der Waals surface area contributed by atoms with Crippen LogP contribution in [-0.2, 0) is 16.0 Å². The lowest BCUT2D eigenvalue weighted by Crippen LogP contribution is -2.50. The van der Waals surface area contributed by atoms with Crippen molar-refractivity contribution in [1.82, 2.24) is 9.80 Å². The Morgan fingerprint density at radius 2 is 1.86 bits per heavy atom. The monoisotopic (exact) mass is 388 g/mol. The first-order chi connectivity index (χ1) is 13.4. The number of aryl methyl sites for hydroxylation is 1. The molecule has 1 aromatic heterocycles. The lowest BCUT2D eigenvalue weighted by atomic mass is 10.0. The van der Waals surface area contributed by atoms with Crippen molar-refractivity contribution in [2.75, 3.05) is 32.8 Å². The number of hydrogen-bond donors (Lipinski definition) is 1. The largest absolute Gasteiger partial charge is 0.508 e. The number of carbonyl (C=O) groups excluding carboxylic acids is 2. The molecular formula is C20H24N2O6. The second-order valence-corrected chi connectivity index (χ2v) is 6.74. The number of rotatable bonds is 4. The van der Waals surface area contributed by atoms with Gasteiger partial charge >= 0.3 is 11.7 Å². The minimum Gasteiger partial charge on any atom is -0.508 e. The molecule has 2 heterocycles. The van der Waals surface area contributed by atoms with Crippen LogP contribution in [0.1, 0.15) is 24.5 Å². The molecule has 1 aromatic carbocycles. The molecule has 150 valence electrons. The topological polar surface area (TPSA) is 100 Å². The van der Waals surface area contributed by atoms with Crippen molar-refractivity contribution in [2.24, 2.45) is 0 Å². The summed E-state index contributed by atoms with van der Waals surface area (Å²) in [4.78, 5) is 39.8. The number of amides is 2. The molecule has 8 heteroatoms. The SMILES string of the molecule is CCOC(=O)N1CCN(C(=O)CCc2c(C)c3ccc(O)cc3oc2=O)CC1. The molecule has 0 saturated carbocycles. The molecule has 0 unspecified atom stereocenters. The van der Waals surface area contributed by atoms with E-state index in [0.717, 1.165) is 10.9 Å². The Morgan fingerprint density at radius 1 is 1.18 bits per heavy atom. The van der Waals surface area contributed by atoms with Crippen LogP contribution in [0.5, 0.6) is 5.75 Å². The van der Waals surface area contributed by atoms with Gasteiger partial charge in [-0.1, -0.05) is 0 Å². The van der Waals surface area contributed by atoms with Gasteiger partial charge in [-0.05, 0) is 38.0 Å². The number of carbonyl (C=O) groups is 2. The second-order valence-electron chi connectivity index (χ2n) is 6.74. The number of piperazine rings is 1. The normalized spacial score (nSPS) is 14.4. The maximum Gasteiger partial charge on any atom is 0.409 e. The zero-order valence-electron chi connectivity index (χ0n) is 16.1. The summed E-state index contributed by atoms with van der Waals surface area (Å²) in [7, 11) is 0. The average molecular weight is 388 g/mol. The van der Waals surface area contributed by atoms with Gasteiger partial charge in [-0.3, -0.25) is 4.79 Å². The van der Waals surface area contributed by atoms with Crippen molar-refractivity contribution in [1.29, 1.82) is 0 Å². The molecule has 0 aliphatic carbocycles. The third kappa shape index (κ3) is 4.11. The van der Waals surface area contributed by atoms with E-state index in [1.807, 2.05) is 6.92 Å². The van der Waals surface area contributed by atoms with Crippen LogP contribution in [0.15, 0.2) is 27.4 Å². The molecule has 1 aliphatic heterocycles. The predicted octanol–water partition coefficient (Wildman–Crippen LogP) is 2.04. The number of ether oxygens (including phenoxy) is 1. The highest BCUT2D eigenvalue weighted by Gasteiger charge is 2.25. The van der Waals surface area contributed by atoms with Crippen molar-refractivity contribution >= 4 is 23.0 Å². The second kappa shape index (κ2) is 8.33. The molecule has 1 saturated heterocycles. The van der Waals surface area contributed by atoms with Crippen molar-refractivity contribution in [3.63, 3.8) is 0 Å². The Bertz CT molecular complexity index is 944. The third-order valence-corrected chi connectivity index (χ3v) is 5.02. The highest BCUT2D eigenvalue weighted by Crippen LogP contribution is 2.24. The quantitative estimate of drug-likeness (QED) is 0.805. The van der Waals surface area contributed by atoms with Crippen LogP contribution in [-0.4, -0.2) is 59.7 Å². The van der Waals surface area contributed by atoms with Crippen LogP contribution in [0, 0.1) is 6.92 Å². The first-order valence-electron chi connectivity index (χ1n) is 9.35. The molecule has 1 aliphatic rings. The Hall–Kier alpha value is -3.03. The zero-order chi connectivity index (χ0) is 20.3. The van der Waals surface area contributed by atoms with Crippen molar-refractivity contribution in [3.8, 4) is 5.75 Å². The molecule has 2 amide bonds. The van der Waals surface area contributed by atoms with Gasteiger partial charge in [0.15, 0.2) is 0 Å². The molecule has 3 rings (SSSR count). The Morgan fingerprint density at radius 3 is 2.54 bits per heavy atom. The summed E-state index contributed by atoms with van der Waals surface area (Å²) in [5.74, 6) is -0.0342. The number of nitrogens with zero attached hydrogens (tertiary/aromatic N) is 2. The molecule has 0 spiro atoms. The summed E-state index contributed by atoms with van der Waals surface area (Å²) in [5, 5.41) is 10.3. The maximum absolute atomic E-state index is 12.5. The smallest absolute Gasteiger partial charge is 0.409 e. The fourth-order valence-corrected chi connectivity index (χ4v) is 3.42. The highest BCUT2D eigenvalue weighted by molar-refractivity contribution is 5.82. The van der Waals surface area contributed by atoms with Gasteiger partial charge in [-0.2, -0.15) is 0 Å². The summed E-state index contributed by atoms with van der Waals surface area (Å²) < 4.78 is 10.3. The number of benzene rings is 1. The standard InChI is InChI=1S/C20H24N2O6/c1-3-27-20(26)22-10-8-21(9-11-22)18(24)7-6-16-13(2)15-5-4-14(23)12-17(15)28-19(16)25/h4-5,12,23H,3,6-11H2,1-2H3. The van der Waals surface area contributed by atoms with Gasteiger partial charge in [-0.25, -0.2) is 9.59 Å². The Balaban J connectivity index is 1.63. The summed E-state index contributed by atoms with van der Waals surface area (Å²) in [6, 6.07) is 4.64. The van der Waals surface area contributed by atoms with E-state index in [1.165, 1.54) is 12.1 Å². The Labute approximate surface area is 162 Å². The van der Waals surface area contributed by atoms with Crippen molar-refractivity contribution in [3.05, 3.63) is 39.7 Å². The van der Waals surface area contributed by atoms with Crippen LogP contribution in [0.2, 0.25) is 0 Å². The first-order valence-corrected chi connectivity index (χ1v) is 9.35. The first kappa shape index (κ1) is 19.7. The van der Waals surface area contributed by atoms with Crippen LogP contribution in [0.3, 0.4) is 0 Å². The van der Waals surface area contributed by atoms with E-state index in [0.29, 0.717) is 43.9 Å². The maximum atomic E-state index is 12.5. The summed E-state index contributed by atoms with van der Waals surface area (Å²) >= 11 is 0. The molecule has 8 nitrogen and oxygen atoms in total. The van der Waals surface area contributed by atoms with Gasteiger partial charge < -0.3 is 24.1 Å². The number of phenolic OH excluding ortho intramolecular Hbond substituents is 1. The minimum atomic E-state index is -0.490. The molecule has 2 aromatic rings. The van der Waals surface area contributed by atoms with Gasteiger partial charge in [0, 0.05) is 49.6 Å². The fraction of sp³-hybridized carbons (Fsp3) is 0.450. The number of hydrogen-bond acceptors (Lipinski definition) is 6. The van der Waals surface area contributed by atoms with E-state index in [-0.39, 0.29) is 30.6 Å². The van der Waals surface area contributed by atoms with Crippen LogP contribution >= 0.6 is 0 Å². The van der Waals surface area contributed by atoms with E-state index < -0.39 is 5.63 Å². The summed E-state index contributed by atoms with van der Waals surface area (Å²) in [6.45, 7) is 5.66. The molecule has 1 N–H and O–H groups in total. The van der Waals surface area contributed by atoms with Gasteiger partial charge in [0.2, 0.25) is 5.91 Å². The summed E-state index contributed by atoms with van der Waals surface area (Å²) in [5.41, 5.74) is 1.06. The highest BCUT2D eigenvalue weighted by atomic mass is 16.6. The van der Waals surface area contributed by atoms with E-state index in [4.69, 9.17) is 9.15 Å². The molecule has 28 heavy (non-hydrogen) atoms. The fourth-order valence-electron chi connectivity index (χ4n) is 3.42. The minimum absolute atomic E-state index is 0.0277. The van der Waals surface area contributed by atoms with E-state index in [1.54, 1.807) is 22.8 Å². The molecule has 0 radical (unpaired) electrons. The van der Waals surface area contributed by atoms with Crippen LogP contribution < -0.4 is 5.63 Å². The Kier molecular flexibility index (Phi) is 5.87. The lowest BCUT2D eigenvalue weighted by Gasteiger charge is -2.34. The molecular weight excluding hydrogens is 364 g/mol. The molecule has 1 fully saturated rings.